The van der Waals surface area contributed by atoms with Gasteiger partial charge in [-0.25, -0.2) is 0 Å². The van der Waals surface area contributed by atoms with E-state index in [-0.39, 0.29) is 6.71 Å². The second-order valence-electron chi connectivity index (χ2n) is 27.1. The van der Waals surface area contributed by atoms with Gasteiger partial charge in [-0.3, -0.25) is 0 Å². The number of benzene rings is 15. The fourth-order valence-corrected chi connectivity index (χ4v) is 16.1. The van der Waals surface area contributed by atoms with Crippen molar-refractivity contribution < 1.29 is 8.83 Å². The SMILES string of the molecule is Cc1cccc(C)c1N1c2ccc(N(c3ccccc3)c3ccc4cc(-c5cc6ccccc6o5)ccc4c3)cc2B2c3ccc(N(c4ccccc4)c4ccc5cc(-c6cc7ccccc7o6)ccc5c4)cc3N(c3c(C)cccc3C)c3cc(N(c4ccccc4)c4ccccc4)cc1c32. The fraction of sp³-hybridized carbons (Fsp3) is 0.0426. The van der Waals surface area contributed by atoms with E-state index in [1.54, 1.807) is 0 Å². The van der Waals surface area contributed by atoms with E-state index in [1.165, 1.54) is 38.6 Å². The van der Waals surface area contributed by atoms with Crippen LogP contribution in [0.3, 0.4) is 0 Å². The Hall–Kier alpha value is -13.0. The van der Waals surface area contributed by atoms with Crippen molar-refractivity contribution in [2.75, 3.05) is 24.5 Å². The molecular formula is C94H68BN5O2. The minimum absolute atomic E-state index is 0.260. The summed E-state index contributed by atoms with van der Waals surface area (Å²) in [5, 5.41) is 6.70. The maximum atomic E-state index is 6.41. The van der Waals surface area contributed by atoms with Crippen molar-refractivity contribution in [2.45, 2.75) is 27.7 Å². The molecule has 0 radical (unpaired) electrons. The average molecular weight is 1310 g/mol. The third kappa shape index (κ3) is 10.2. The van der Waals surface area contributed by atoms with Crippen LogP contribution in [0.4, 0.5) is 85.3 Å². The minimum atomic E-state index is -0.260. The van der Waals surface area contributed by atoms with Crippen LogP contribution in [0, 0.1) is 27.7 Å². The monoisotopic (exact) mass is 1310 g/mol. The minimum Gasteiger partial charge on any atom is -0.456 e. The number of anilines is 15. The van der Waals surface area contributed by atoms with Gasteiger partial charge in [-0.15, -0.1) is 0 Å². The van der Waals surface area contributed by atoms with E-state index in [9.17, 15) is 0 Å². The van der Waals surface area contributed by atoms with Crippen molar-refractivity contribution in [3.63, 3.8) is 0 Å². The van der Waals surface area contributed by atoms with Crippen LogP contribution in [0.1, 0.15) is 22.3 Å². The Labute approximate surface area is 594 Å². The number of para-hydroxylation sites is 8. The first-order valence-corrected chi connectivity index (χ1v) is 35.1. The van der Waals surface area contributed by atoms with Gasteiger partial charge < -0.3 is 33.3 Å². The lowest BCUT2D eigenvalue weighted by atomic mass is 9.33. The van der Waals surface area contributed by atoms with Crippen molar-refractivity contribution >= 4 is 152 Å². The summed E-state index contributed by atoms with van der Waals surface area (Å²) in [5.74, 6) is 1.71. The van der Waals surface area contributed by atoms with Crippen LogP contribution < -0.4 is 40.9 Å². The van der Waals surface area contributed by atoms with Gasteiger partial charge in [0.05, 0.1) is 17.1 Å². The molecule has 0 spiro atoms. The molecule has 8 heteroatoms. The Morgan fingerprint density at radius 2 is 0.608 bits per heavy atom. The second-order valence-corrected chi connectivity index (χ2v) is 27.1. The normalized spacial score (nSPS) is 12.3. The molecule has 15 aromatic carbocycles. The highest BCUT2D eigenvalue weighted by atomic mass is 16.3. The zero-order valence-corrected chi connectivity index (χ0v) is 57.0. The van der Waals surface area contributed by atoms with Crippen LogP contribution in [0.15, 0.2) is 349 Å². The van der Waals surface area contributed by atoms with Gasteiger partial charge in [-0.2, -0.15) is 0 Å². The van der Waals surface area contributed by atoms with Crippen LogP contribution in [-0.4, -0.2) is 6.71 Å². The van der Waals surface area contributed by atoms with Crippen molar-refractivity contribution in [2.24, 2.45) is 0 Å². The molecule has 0 fully saturated rings. The Balaban J connectivity index is 0.855. The third-order valence-electron chi connectivity index (χ3n) is 20.8. The molecule has 19 rings (SSSR count). The number of furan rings is 2. The van der Waals surface area contributed by atoms with Crippen molar-refractivity contribution in [1.82, 2.24) is 0 Å². The lowest BCUT2D eigenvalue weighted by Gasteiger charge is -2.46. The van der Waals surface area contributed by atoms with Gasteiger partial charge in [-0.05, 0) is 240 Å². The fourth-order valence-electron chi connectivity index (χ4n) is 16.1. The highest BCUT2D eigenvalue weighted by Gasteiger charge is 2.46. The van der Waals surface area contributed by atoms with Crippen LogP contribution in [0.25, 0.3) is 66.1 Å². The van der Waals surface area contributed by atoms with Crippen molar-refractivity contribution in [3.05, 3.63) is 362 Å². The number of aryl methyl sites for hydroxylation is 4. The van der Waals surface area contributed by atoms with E-state index in [0.717, 1.165) is 151 Å². The molecule has 2 aliphatic heterocycles. The summed E-state index contributed by atoms with van der Waals surface area (Å²) >= 11 is 0. The quantitative estimate of drug-likeness (QED) is 0.107. The summed E-state index contributed by atoms with van der Waals surface area (Å²) in [7, 11) is 0. The lowest BCUT2D eigenvalue weighted by Crippen LogP contribution is -2.61. The van der Waals surface area contributed by atoms with E-state index >= 15 is 0 Å². The number of fused-ring (bicyclic) bond motifs is 8. The summed E-state index contributed by atoms with van der Waals surface area (Å²) in [6.45, 7) is 8.82. The van der Waals surface area contributed by atoms with E-state index in [0.29, 0.717) is 0 Å². The maximum absolute atomic E-state index is 6.41. The van der Waals surface area contributed by atoms with Gasteiger partial charge in [0.15, 0.2) is 0 Å². The molecule has 2 aromatic heterocycles. The van der Waals surface area contributed by atoms with E-state index in [1.807, 2.05) is 24.3 Å². The molecule has 0 saturated heterocycles. The lowest BCUT2D eigenvalue weighted by molar-refractivity contribution is 0.631. The first-order chi connectivity index (χ1) is 50.2. The smallest absolute Gasteiger partial charge is 0.252 e. The van der Waals surface area contributed by atoms with E-state index < -0.39 is 0 Å². The Bertz CT molecular complexity index is 5980. The van der Waals surface area contributed by atoms with Crippen LogP contribution in [-0.2, 0) is 0 Å². The summed E-state index contributed by atoms with van der Waals surface area (Å²) in [6.07, 6.45) is 0. The molecule has 0 N–H and O–H groups in total. The summed E-state index contributed by atoms with van der Waals surface area (Å²) in [5.41, 5.74) is 28.4. The molecule has 0 bridgehead atoms. The van der Waals surface area contributed by atoms with Crippen LogP contribution in [0.5, 0.6) is 0 Å². The predicted molar refractivity (Wildman–Crippen MR) is 429 cm³/mol. The van der Waals surface area contributed by atoms with Gasteiger partial charge in [-0.1, -0.05) is 188 Å². The largest absolute Gasteiger partial charge is 0.456 e. The average Bonchev–Trinajstić information content (AvgIpc) is 0.750. The number of rotatable bonds is 13. The van der Waals surface area contributed by atoms with Gasteiger partial charge >= 0.3 is 0 Å². The number of hydrogen-bond donors (Lipinski definition) is 0. The van der Waals surface area contributed by atoms with Crippen LogP contribution in [0.2, 0.25) is 0 Å². The maximum Gasteiger partial charge on any atom is 0.252 e. The third-order valence-corrected chi connectivity index (χ3v) is 20.8. The van der Waals surface area contributed by atoms with Crippen molar-refractivity contribution in [3.8, 4) is 22.6 Å². The summed E-state index contributed by atoms with van der Waals surface area (Å²) in [4.78, 5) is 12.5. The molecule has 2 aliphatic rings. The Morgan fingerprint density at radius 3 is 1.07 bits per heavy atom. The molecule has 0 aliphatic carbocycles. The van der Waals surface area contributed by atoms with E-state index in [4.69, 9.17) is 8.83 Å². The predicted octanol–water partition coefficient (Wildman–Crippen LogP) is 24.5. The van der Waals surface area contributed by atoms with Gasteiger partial charge in [0.1, 0.15) is 22.7 Å². The van der Waals surface area contributed by atoms with Crippen molar-refractivity contribution in [1.29, 1.82) is 0 Å². The first-order valence-electron chi connectivity index (χ1n) is 35.1. The zero-order valence-electron chi connectivity index (χ0n) is 57.0. The molecule has 0 atom stereocenters. The molecular weight excluding hydrogens is 1240 g/mol. The first kappa shape index (κ1) is 60.2. The number of nitrogens with zero attached hydrogens (tertiary/aromatic N) is 5. The highest BCUT2D eigenvalue weighted by molar-refractivity contribution is 7.00. The molecule has 0 saturated carbocycles. The molecule has 102 heavy (non-hydrogen) atoms. The Morgan fingerprint density at radius 1 is 0.245 bits per heavy atom. The molecule has 0 unspecified atom stereocenters. The molecule has 17 aromatic rings. The zero-order chi connectivity index (χ0) is 68.1. The molecule has 484 valence electrons. The molecule has 7 nitrogen and oxygen atoms in total. The standard InChI is InChI=1S/C94H68BN5O2/c1-61-23-21-24-62(2)93(61)99-84-50-48-79(97(75-33-13-7-14-34-75)77-45-43-65-51-71(41-39-67(65)53-77)90-55-69-27-17-19-37-88(69)101-90)57-83(84)95-82-49-47-80(98(76-35-15-8-16-36-76)78-46-44-66-52-72(42-40-68(66)54-78)91-56-70-28-18-20-38-89(70)102-91)58-85(82)100(94-63(3)25-22-26-64(94)4)87-60-81(59-86(99)92(87)95)96(73-29-9-5-10-30-73)74-31-11-6-12-32-74/h5-60H,1-4H3. The second kappa shape index (κ2) is 24.4. The molecule has 4 heterocycles. The van der Waals surface area contributed by atoms with Crippen LogP contribution >= 0.6 is 0 Å². The summed E-state index contributed by atoms with van der Waals surface area (Å²) < 4.78 is 12.8. The molecule has 0 amide bonds. The topological polar surface area (TPSA) is 42.5 Å². The summed E-state index contributed by atoms with van der Waals surface area (Å²) in [6, 6.07) is 124. The number of hydrogen-bond acceptors (Lipinski definition) is 7. The highest BCUT2D eigenvalue weighted by Crippen LogP contribution is 2.52. The van der Waals surface area contributed by atoms with Gasteiger partial charge in [0, 0.05) is 90.1 Å². The van der Waals surface area contributed by atoms with Gasteiger partial charge in [0.25, 0.3) is 6.71 Å². The Kier molecular flexibility index (Phi) is 14.4. The van der Waals surface area contributed by atoms with E-state index in [2.05, 4.69) is 368 Å². The van der Waals surface area contributed by atoms with Gasteiger partial charge in [0.2, 0.25) is 0 Å².